The van der Waals surface area contributed by atoms with E-state index in [9.17, 15) is 0 Å². The van der Waals surface area contributed by atoms with Gasteiger partial charge in [0.25, 0.3) is 0 Å². The first-order chi connectivity index (χ1) is 70.5. The van der Waals surface area contributed by atoms with Crippen molar-refractivity contribution < 1.29 is 0 Å². The third-order valence-corrected chi connectivity index (χ3v) is 41.6. The summed E-state index contributed by atoms with van der Waals surface area (Å²) < 4.78 is 10.2. The van der Waals surface area contributed by atoms with Gasteiger partial charge in [0.2, 0.25) is 0 Å². The molecule has 6 heteroatoms. The summed E-state index contributed by atoms with van der Waals surface area (Å²) in [5.41, 5.74) is 36.6. The van der Waals surface area contributed by atoms with Crippen molar-refractivity contribution >= 4 is 145 Å². The van der Waals surface area contributed by atoms with Crippen molar-refractivity contribution in [2.75, 3.05) is 0 Å². The maximum atomic E-state index is 2.58. The molecule has 6 aliphatic rings. The van der Waals surface area contributed by atoms with E-state index in [1.165, 1.54) is 229 Å². The van der Waals surface area contributed by atoms with Gasteiger partial charge in [0, 0.05) is 78.1 Å². The van der Waals surface area contributed by atoms with Crippen molar-refractivity contribution in [3.63, 3.8) is 0 Å². The highest BCUT2D eigenvalue weighted by Gasteiger charge is 2.48. The Balaban J connectivity index is 0.000000138. The van der Waals surface area contributed by atoms with E-state index in [2.05, 4.69) is 552 Å². The molecule has 0 unspecified atom stereocenters. The van der Waals surface area contributed by atoms with Gasteiger partial charge in [-0.3, -0.25) is 0 Å². The highest BCUT2D eigenvalue weighted by Crippen LogP contribution is 2.61. The number of aromatic nitrogens is 4. The average Bonchev–Trinajstić information content (AvgIpc) is 1.34. The van der Waals surface area contributed by atoms with E-state index in [-0.39, 0.29) is 23.7 Å². The fourth-order valence-corrected chi connectivity index (χ4v) is 36.1. The van der Waals surface area contributed by atoms with Crippen LogP contribution in [0.15, 0.2) is 534 Å². The van der Waals surface area contributed by atoms with E-state index in [0.717, 1.165) is 11.4 Å². The Hall–Kier alpha value is -17.5. The van der Waals surface area contributed by atoms with Gasteiger partial charge in [0.1, 0.15) is 0 Å². The van der Waals surface area contributed by atoms with Gasteiger partial charge >= 0.3 is 0 Å². The second kappa shape index (κ2) is 32.6. The van der Waals surface area contributed by atoms with Gasteiger partial charge in [-0.1, -0.05) is 443 Å². The SMILES string of the molecule is c1ccc(-c2cc(-c3ccccc3)cc([Si](c3ccccc3)(c3ccccc3)c3cccc(-n4c5ccccc5c5c(-n6c7ccccc7c7c8c(ccc76)C6c7ccccc7C8c7ccccc76)cccc54)c3)c2)cc1.c1ccc([Si](c2ccccc2)(c2ccccc2)c2ccc(-n3c4ccccc4c4c(-n5c6ccccc6c6c7c(ccc65)C5c6ccccc6C7c6ccccc65)cccc43)cc2)cc1. The van der Waals surface area contributed by atoms with Gasteiger partial charge in [-0.25, -0.2) is 0 Å². The van der Waals surface area contributed by atoms with Crippen molar-refractivity contribution in [2.45, 2.75) is 23.7 Å². The summed E-state index contributed by atoms with van der Waals surface area (Å²) in [4.78, 5) is 0. The van der Waals surface area contributed by atoms with Gasteiger partial charge in [0.05, 0.1) is 55.5 Å². The van der Waals surface area contributed by atoms with Crippen molar-refractivity contribution in [3.05, 3.63) is 601 Å². The standard InChI is InChI=1S/C74H50N2Si.C62H42N2Si/c1-5-23-49(24-6-1)51-45-52(50-25-7-2-8-26-50)47-57(46-51)77(54-28-9-3-10-29-54,55-30-11-4-12-31-55)56-32-21-27-53(48-56)75-65-39-19-17-37-62(65)72-67(75)41-22-42-68(72)76-66-40-20-18-38-63(66)73-69(76)44-43-64-70-58-33-13-15-35-60(58)71(74(64)73)61-36-16-14-34-59(61)70;1-4-19-42(20-5-1)65(43-21-6-2-7-22-43,44-23-8-3-9-24-44)45-37-35-41(36-38-45)63-53-31-16-14-29-50(53)60-55(63)33-18-34-56(60)64-54-32-17-15-30-51(54)61-57(64)40-39-52-58-46-25-10-12-27-48(46)59(62(52)61)49-28-13-11-26-47(49)58/h1-48,70-71H;1-40,58-59H. The molecule has 0 aliphatic heterocycles. The van der Waals surface area contributed by atoms with Crippen LogP contribution in [0, 0.1) is 0 Å². The van der Waals surface area contributed by atoms with Gasteiger partial charge in [-0.2, -0.15) is 0 Å². The van der Waals surface area contributed by atoms with Gasteiger partial charge in [-0.15, -0.1) is 0 Å². The molecule has 6 aliphatic carbocycles. The van der Waals surface area contributed by atoms with E-state index in [1.807, 2.05) is 0 Å². The van der Waals surface area contributed by atoms with Crippen LogP contribution in [0.4, 0.5) is 0 Å². The number of fused-ring (bicyclic) bond motifs is 12. The van der Waals surface area contributed by atoms with Crippen molar-refractivity contribution in [3.8, 4) is 45.0 Å². The highest BCUT2D eigenvalue weighted by molar-refractivity contribution is 7.20. The number of benzene rings is 22. The van der Waals surface area contributed by atoms with E-state index < -0.39 is 16.1 Å². The molecule has 4 nitrogen and oxygen atoms in total. The molecule has 22 aromatic carbocycles. The molecule has 26 aromatic rings. The molecule has 142 heavy (non-hydrogen) atoms. The Morgan fingerprint density at radius 2 is 0.408 bits per heavy atom. The largest absolute Gasteiger partial charge is 0.309 e. The fraction of sp³-hybridized carbons (Fsp3) is 0.0294. The average molecular weight is 1840 g/mol. The van der Waals surface area contributed by atoms with E-state index in [1.54, 1.807) is 0 Å². The normalized spacial score (nSPS) is 14.8. The van der Waals surface area contributed by atoms with Crippen LogP contribution in [0.2, 0.25) is 0 Å². The number of rotatable bonds is 14. The minimum absolute atomic E-state index is 0.156. The van der Waals surface area contributed by atoms with Crippen LogP contribution in [-0.4, -0.2) is 34.4 Å². The Labute approximate surface area is 826 Å². The second-order valence-corrected chi connectivity index (χ2v) is 46.5. The predicted molar refractivity (Wildman–Crippen MR) is 598 cm³/mol. The zero-order chi connectivity index (χ0) is 93.2. The van der Waals surface area contributed by atoms with Gasteiger partial charge in [-0.05, 0) is 222 Å². The quantitative estimate of drug-likeness (QED) is 0.0764. The monoisotopic (exact) mass is 1840 g/mol. The fourth-order valence-electron chi connectivity index (χ4n) is 26.5. The molecule has 0 spiro atoms. The van der Waals surface area contributed by atoms with E-state index in [0.29, 0.717) is 0 Å². The lowest BCUT2D eigenvalue weighted by molar-refractivity contribution is 0.761. The number of hydrogen-bond donors (Lipinski definition) is 0. The summed E-state index contributed by atoms with van der Waals surface area (Å²) >= 11 is 0. The Morgan fingerprint density at radius 3 is 0.775 bits per heavy atom. The highest BCUT2D eigenvalue weighted by atomic mass is 28.3. The lowest BCUT2D eigenvalue weighted by atomic mass is 9.60. The topological polar surface area (TPSA) is 19.7 Å². The number of para-hydroxylation sites is 4. The van der Waals surface area contributed by atoms with Crippen LogP contribution in [0.1, 0.15) is 90.4 Å². The molecule has 32 rings (SSSR count). The van der Waals surface area contributed by atoms with Crippen LogP contribution in [-0.2, 0) is 0 Å². The van der Waals surface area contributed by atoms with Crippen LogP contribution in [0.3, 0.4) is 0 Å². The molecule has 4 heterocycles. The zero-order valence-electron chi connectivity index (χ0n) is 77.9. The van der Waals surface area contributed by atoms with Crippen LogP contribution in [0.25, 0.3) is 132 Å². The summed E-state index contributed by atoms with van der Waals surface area (Å²) in [5.74, 6) is 0.764. The third-order valence-electron chi connectivity index (χ3n) is 32.0. The molecule has 0 radical (unpaired) electrons. The van der Waals surface area contributed by atoms with Gasteiger partial charge in [0.15, 0.2) is 16.1 Å². The lowest BCUT2D eigenvalue weighted by Crippen LogP contribution is -2.74. The predicted octanol–water partition coefficient (Wildman–Crippen LogP) is 27.8. The molecular weight excluding hydrogens is 1750 g/mol. The first-order valence-corrected chi connectivity index (χ1v) is 53.8. The molecule has 664 valence electrons. The zero-order valence-corrected chi connectivity index (χ0v) is 79.9. The van der Waals surface area contributed by atoms with E-state index >= 15 is 0 Å². The molecule has 0 amide bonds. The third kappa shape index (κ3) is 12.0. The molecule has 0 saturated heterocycles. The summed E-state index contributed by atoms with van der Waals surface area (Å²) in [7, 11) is -5.78. The summed E-state index contributed by atoms with van der Waals surface area (Å²) in [5, 5.41) is 21.1. The smallest absolute Gasteiger partial charge is 0.179 e. The first-order valence-electron chi connectivity index (χ1n) is 49.8. The maximum Gasteiger partial charge on any atom is 0.179 e. The number of nitrogens with zero attached hydrogens (tertiary/aromatic N) is 4. The van der Waals surface area contributed by atoms with Crippen molar-refractivity contribution in [1.82, 2.24) is 18.3 Å². The minimum Gasteiger partial charge on any atom is -0.309 e. The van der Waals surface area contributed by atoms with Crippen molar-refractivity contribution in [2.24, 2.45) is 0 Å². The molecule has 0 fully saturated rings. The Kier molecular flexibility index (Phi) is 18.7. The molecule has 4 bridgehead atoms. The Morgan fingerprint density at radius 1 is 0.141 bits per heavy atom. The molecule has 0 atom stereocenters. The van der Waals surface area contributed by atoms with E-state index in [4.69, 9.17) is 0 Å². The van der Waals surface area contributed by atoms with Crippen LogP contribution < -0.4 is 41.5 Å². The molecule has 4 aromatic heterocycles. The Bertz CT molecular complexity index is 9270. The van der Waals surface area contributed by atoms with Crippen LogP contribution >= 0.6 is 0 Å². The second-order valence-electron chi connectivity index (χ2n) is 38.9. The number of hydrogen-bond acceptors (Lipinski definition) is 0. The first kappa shape index (κ1) is 81.6. The summed E-state index contributed by atoms with van der Waals surface area (Å²) in [6.45, 7) is 0. The van der Waals surface area contributed by atoms with Gasteiger partial charge < -0.3 is 18.3 Å². The molecule has 0 saturated carbocycles. The summed E-state index contributed by atoms with van der Waals surface area (Å²) in [6, 6.07) is 201. The van der Waals surface area contributed by atoms with Crippen LogP contribution in [0.5, 0.6) is 0 Å². The lowest BCUT2D eigenvalue weighted by Gasteiger charge is -2.42. The van der Waals surface area contributed by atoms with Crippen molar-refractivity contribution in [1.29, 1.82) is 0 Å². The maximum absolute atomic E-state index is 3.10. The summed E-state index contributed by atoms with van der Waals surface area (Å²) in [6.07, 6.45) is 0. The molecular formula is C136H92N4Si2. The molecule has 0 N–H and O–H groups in total. The minimum atomic E-state index is -3.10.